The number of carbonyl (C=O) groups excluding carboxylic acids is 3. The predicted octanol–water partition coefficient (Wildman–Crippen LogP) is 2.82. The Morgan fingerprint density at radius 3 is 2.73 bits per heavy atom. The van der Waals surface area contributed by atoms with Crippen LogP contribution in [0.1, 0.15) is 33.7 Å². The van der Waals surface area contributed by atoms with Crippen LogP contribution in [0.2, 0.25) is 0 Å². The summed E-state index contributed by atoms with van der Waals surface area (Å²) in [6.45, 7) is 2.54. The molecule has 4 heterocycles. The summed E-state index contributed by atoms with van der Waals surface area (Å²) in [5, 5.41) is 13.1. The van der Waals surface area contributed by atoms with E-state index < -0.39 is 12.1 Å². The quantitative estimate of drug-likeness (QED) is 0.320. The molecule has 4 aromatic rings. The predicted molar refractivity (Wildman–Crippen MR) is 164 cm³/mol. The molecule has 4 bridgehead atoms. The van der Waals surface area contributed by atoms with E-state index in [1.807, 2.05) is 43.3 Å². The molecule has 3 N–H and O–H groups in total. The fourth-order valence-electron chi connectivity index (χ4n) is 5.44. The third-order valence-electron chi connectivity index (χ3n) is 7.93. The van der Waals surface area contributed by atoms with Crippen molar-refractivity contribution in [2.45, 2.75) is 38.5 Å². The Bertz CT molecular complexity index is 1710. The largest absolute Gasteiger partial charge is 0.496 e. The average molecular weight is 611 g/mol. The van der Waals surface area contributed by atoms with Crippen molar-refractivity contribution >= 4 is 17.7 Å². The van der Waals surface area contributed by atoms with Crippen LogP contribution in [0.25, 0.3) is 11.4 Å². The molecular formula is C33H34N6O6. The number of H-pyrrole nitrogens is 1. The third kappa shape index (κ3) is 6.90. The SMILES string of the molecule is COc1cc2ccc1CNC(=O)COc1cc(ccc1C)C(=O)N[C@H]1CN(C(=O)Cc3nc(-c4ccccc4)n[nH]3)CC[C@H]1O2. The number of aromatic amines is 1. The lowest BCUT2D eigenvalue weighted by Gasteiger charge is -2.39. The highest BCUT2D eigenvalue weighted by atomic mass is 16.5. The van der Waals surface area contributed by atoms with Gasteiger partial charge in [0.15, 0.2) is 12.4 Å². The van der Waals surface area contributed by atoms with Gasteiger partial charge in [-0.1, -0.05) is 36.4 Å². The zero-order valence-electron chi connectivity index (χ0n) is 25.0. The van der Waals surface area contributed by atoms with Gasteiger partial charge in [0.1, 0.15) is 29.2 Å². The van der Waals surface area contributed by atoms with Gasteiger partial charge < -0.3 is 29.7 Å². The van der Waals surface area contributed by atoms with Crippen LogP contribution >= 0.6 is 0 Å². The van der Waals surface area contributed by atoms with Gasteiger partial charge in [-0.25, -0.2) is 4.98 Å². The molecule has 3 aliphatic rings. The number of aryl methyl sites for hydroxylation is 1. The first-order chi connectivity index (χ1) is 21.9. The number of methoxy groups -OCH3 is 1. The molecule has 3 aliphatic heterocycles. The third-order valence-corrected chi connectivity index (χ3v) is 7.93. The lowest BCUT2D eigenvalue weighted by molar-refractivity contribution is -0.133. The minimum absolute atomic E-state index is 0.0378. The molecule has 0 aliphatic carbocycles. The van der Waals surface area contributed by atoms with Crippen LogP contribution in [0, 0.1) is 6.92 Å². The van der Waals surface area contributed by atoms with Gasteiger partial charge >= 0.3 is 0 Å². The second kappa shape index (κ2) is 13.1. The number of fused-ring (bicyclic) bond motifs is 7. The Hall–Kier alpha value is -5.39. The van der Waals surface area contributed by atoms with E-state index in [4.69, 9.17) is 14.2 Å². The zero-order valence-corrected chi connectivity index (χ0v) is 25.0. The summed E-state index contributed by atoms with van der Waals surface area (Å²) in [5.41, 5.74) is 2.77. The number of nitrogens with zero attached hydrogens (tertiary/aromatic N) is 3. The van der Waals surface area contributed by atoms with Crippen molar-refractivity contribution in [3.8, 4) is 28.6 Å². The van der Waals surface area contributed by atoms with Gasteiger partial charge in [0.05, 0.1) is 19.6 Å². The summed E-state index contributed by atoms with van der Waals surface area (Å²) >= 11 is 0. The van der Waals surface area contributed by atoms with Crippen molar-refractivity contribution < 1.29 is 28.6 Å². The number of piperidine rings is 1. The van der Waals surface area contributed by atoms with Crippen LogP contribution in [-0.2, 0) is 22.6 Å². The Morgan fingerprint density at radius 1 is 1.07 bits per heavy atom. The molecule has 3 amide bonds. The number of benzene rings is 3. The number of hydrogen-bond acceptors (Lipinski definition) is 8. The van der Waals surface area contributed by atoms with Crippen LogP contribution in [0.3, 0.4) is 0 Å². The normalized spacial score (nSPS) is 18.5. The van der Waals surface area contributed by atoms with E-state index in [2.05, 4.69) is 25.8 Å². The maximum Gasteiger partial charge on any atom is 0.258 e. The van der Waals surface area contributed by atoms with E-state index in [0.29, 0.717) is 47.4 Å². The standard InChI is InChI=1S/C33H34N6O6/c1-20-8-9-22-14-27(20)44-19-30(40)34-17-23-10-11-24(15-28(23)43-2)45-26-12-13-39(18-25(26)35-33(22)42)31(41)16-29-36-32(38-37-29)21-6-4-3-5-7-21/h3-11,14-15,25-26H,12-13,16-19H2,1-2H3,(H,34,40)(H,35,42)(H,36,37,38)/t25-,26+/m0/s1. The fourth-order valence-corrected chi connectivity index (χ4v) is 5.44. The first-order valence-electron chi connectivity index (χ1n) is 14.8. The van der Waals surface area contributed by atoms with Crippen LogP contribution in [0.4, 0.5) is 0 Å². The Kier molecular flexibility index (Phi) is 8.63. The Labute approximate surface area is 260 Å². The van der Waals surface area contributed by atoms with Crippen LogP contribution in [0.15, 0.2) is 66.7 Å². The van der Waals surface area contributed by atoms with Gasteiger partial charge in [0.25, 0.3) is 11.8 Å². The van der Waals surface area contributed by atoms with Crippen LogP contribution in [-0.4, -0.2) is 76.8 Å². The number of likely N-dealkylation sites (tertiary alicyclic amines) is 1. The summed E-state index contributed by atoms with van der Waals surface area (Å²) in [6, 6.07) is 19.5. The molecule has 3 aromatic carbocycles. The van der Waals surface area contributed by atoms with Crippen molar-refractivity contribution in [1.82, 2.24) is 30.7 Å². The highest BCUT2D eigenvalue weighted by Gasteiger charge is 2.35. The molecule has 0 saturated carbocycles. The van der Waals surface area contributed by atoms with E-state index in [9.17, 15) is 14.4 Å². The number of rotatable bonds is 4. The van der Waals surface area contributed by atoms with Gasteiger partial charge in [-0.2, -0.15) is 5.10 Å². The lowest BCUT2D eigenvalue weighted by Crippen LogP contribution is -2.58. The second-order valence-electron chi connectivity index (χ2n) is 11.0. The van der Waals surface area contributed by atoms with Crippen molar-refractivity contribution in [2.24, 2.45) is 0 Å². The number of hydrogen-bond donors (Lipinski definition) is 3. The molecule has 0 spiro atoms. The van der Waals surface area contributed by atoms with Crippen molar-refractivity contribution in [3.63, 3.8) is 0 Å². The Morgan fingerprint density at radius 2 is 1.91 bits per heavy atom. The van der Waals surface area contributed by atoms with Gasteiger partial charge in [0, 0.05) is 48.8 Å². The maximum absolute atomic E-state index is 13.5. The summed E-state index contributed by atoms with van der Waals surface area (Å²) in [5.74, 6) is 1.71. The van der Waals surface area contributed by atoms with Crippen molar-refractivity contribution in [1.29, 1.82) is 0 Å². The van der Waals surface area contributed by atoms with E-state index in [0.717, 1.165) is 16.7 Å². The molecule has 1 fully saturated rings. The molecule has 45 heavy (non-hydrogen) atoms. The summed E-state index contributed by atoms with van der Waals surface area (Å²) < 4.78 is 17.8. The molecule has 0 unspecified atom stereocenters. The van der Waals surface area contributed by atoms with Gasteiger partial charge in [-0.3, -0.25) is 19.5 Å². The highest BCUT2D eigenvalue weighted by Crippen LogP contribution is 2.28. The molecule has 0 radical (unpaired) electrons. The molecule has 2 atom stereocenters. The minimum Gasteiger partial charge on any atom is -0.496 e. The molecule has 7 rings (SSSR count). The number of amides is 3. The molecule has 12 heteroatoms. The molecule has 232 valence electrons. The Balaban J connectivity index is 1.24. The number of nitrogens with one attached hydrogen (secondary N) is 3. The van der Waals surface area contributed by atoms with Gasteiger partial charge in [-0.05, 0) is 36.8 Å². The molecule has 12 nitrogen and oxygen atoms in total. The maximum atomic E-state index is 13.5. The average Bonchev–Trinajstić information content (AvgIpc) is 3.52. The molecular weight excluding hydrogens is 576 g/mol. The van der Waals surface area contributed by atoms with Crippen molar-refractivity contribution in [2.75, 3.05) is 26.8 Å². The minimum atomic E-state index is -0.528. The van der Waals surface area contributed by atoms with E-state index in [-0.39, 0.29) is 43.8 Å². The summed E-state index contributed by atoms with van der Waals surface area (Å²) in [4.78, 5) is 45.7. The number of carbonyl (C=O) groups is 3. The zero-order chi connectivity index (χ0) is 31.3. The van der Waals surface area contributed by atoms with E-state index >= 15 is 0 Å². The van der Waals surface area contributed by atoms with E-state index in [1.54, 1.807) is 42.3 Å². The smallest absolute Gasteiger partial charge is 0.258 e. The van der Waals surface area contributed by atoms with Crippen molar-refractivity contribution in [3.05, 3.63) is 89.2 Å². The summed E-state index contributed by atoms with van der Waals surface area (Å²) in [6.07, 6.45) is 0.0842. The molecule has 1 aromatic heterocycles. The lowest BCUT2D eigenvalue weighted by atomic mass is 10.00. The first-order valence-corrected chi connectivity index (χ1v) is 14.8. The summed E-state index contributed by atoms with van der Waals surface area (Å²) in [7, 11) is 1.55. The van der Waals surface area contributed by atoms with Gasteiger partial charge in [0.2, 0.25) is 5.91 Å². The number of ether oxygens (including phenoxy) is 3. The second-order valence-corrected chi connectivity index (χ2v) is 11.0. The monoisotopic (exact) mass is 610 g/mol. The van der Waals surface area contributed by atoms with E-state index in [1.165, 1.54) is 0 Å². The topological polar surface area (TPSA) is 148 Å². The van der Waals surface area contributed by atoms with Crippen LogP contribution < -0.4 is 24.8 Å². The first kappa shape index (κ1) is 29.7. The number of aromatic nitrogens is 3. The molecule has 1 saturated heterocycles. The fraction of sp³-hybridized carbons (Fsp3) is 0.303. The highest BCUT2D eigenvalue weighted by molar-refractivity contribution is 5.95. The van der Waals surface area contributed by atoms with Gasteiger partial charge in [-0.15, -0.1) is 0 Å². The van der Waals surface area contributed by atoms with Crippen LogP contribution in [0.5, 0.6) is 17.2 Å².